The fourth-order valence-electron chi connectivity index (χ4n) is 3.45. The highest BCUT2D eigenvalue weighted by atomic mass is 32.2. The minimum absolute atomic E-state index is 0.0215. The van der Waals surface area contributed by atoms with Crippen LogP contribution in [0.2, 0.25) is 0 Å². The zero-order chi connectivity index (χ0) is 21.6. The molecule has 10 heteroatoms. The van der Waals surface area contributed by atoms with Crippen molar-refractivity contribution < 1.29 is 9.53 Å². The Bertz CT molecular complexity index is 1070. The number of thiazole rings is 1. The summed E-state index contributed by atoms with van der Waals surface area (Å²) in [6, 6.07) is 8.36. The molecular formula is C21H25N5O3S2. The molecule has 0 aliphatic carbocycles. The number of benzene rings is 1. The van der Waals surface area contributed by atoms with Crippen LogP contribution >= 0.6 is 23.1 Å². The van der Waals surface area contributed by atoms with Crippen molar-refractivity contribution in [2.24, 2.45) is 0 Å². The Morgan fingerprint density at radius 1 is 1.39 bits per heavy atom. The predicted octanol–water partition coefficient (Wildman–Crippen LogP) is 3.56. The van der Waals surface area contributed by atoms with Crippen LogP contribution in [0.3, 0.4) is 0 Å². The molecule has 1 aromatic carbocycles. The summed E-state index contributed by atoms with van der Waals surface area (Å²) in [6.07, 6.45) is 4.13. The van der Waals surface area contributed by atoms with E-state index in [1.807, 2.05) is 5.38 Å². The summed E-state index contributed by atoms with van der Waals surface area (Å²) in [4.78, 5) is 28.9. The summed E-state index contributed by atoms with van der Waals surface area (Å²) in [5.41, 5.74) is 2.89. The third-order valence-corrected chi connectivity index (χ3v) is 6.74. The minimum atomic E-state index is -0.284. The maximum atomic E-state index is 12.4. The highest BCUT2D eigenvalue weighted by Crippen LogP contribution is 2.26. The van der Waals surface area contributed by atoms with E-state index in [-0.39, 0.29) is 23.5 Å². The fourth-order valence-corrected chi connectivity index (χ4v) is 4.94. The number of aromatic amines is 1. The van der Waals surface area contributed by atoms with Crippen LogP contribution in [0, 0.1) is 0 Å². The molecule has 4 rings (SSSR count). The number of thioether (sulfide) groups is 1. The lowest BCUT2D eigenvalue weighted by atomic mass is 10.1. The van der Waals surface area contributed by atoms with Crippen LogP contribution in [-0.4, -0.2) is 44.1 Å². The monoisotopic (exact) mass is 459 g/mol. The van der Waals surface area contributed by atoms with Crippen molar-refractivity contribution in [1.82, 2.24) is 19.7 Å². The molecule has 164 valence electrons. The van der Waals surface area contributed by atoms with Gasteiger partial charge in [0.05, 0.1) is 24.1 Å². The van der Waals surface area contributed by atoms with Crippen molar-refractivity contribution in [3.05, 3.63) is 45.7 Å². The predicted molar refractivity (Wildman–Crippen MR) is 123 cm³/mol. The molecule has 2 N–H and O–H groups in total. The molecule has 1 amide bonds. The first-order chi connectivity index (χ1) is 15.1. The van der Waals surface area contributed by atoms with E-state index < -0.39 is 0 Å². The normalized spacial score (nSPS) is 16.0. The summed E-state index contributed by atoms with van der Waals surface area (Å²) in [6.45, 7) is 3.34. The number of ether oxygens (including phenoxy) is 1. The van der Waals surface area contributed by atoms with Crippen molar-refractivity contribution in [2.75, 3.05) is 17.7 Å². The number of carbonyl (C=O) groups is 1. The quantitative estimate of drug-likeness (QED) is 0.475. The second-order valence-electron chi connectivity index (χ2n) is 7.38. The Morgan fingerprint density at radius 2 is 2.23 bits per heavy atom. The van der Waals surface area contributed by atoms with Crippen molar-refractivity contribution in [1.29, 1.82) is 0 Å². The summed E-state index contributed by atoms with van der Waals surface area (Å²) >= 11 is 2.61. The number of aryl methyl sites for hydroxylation is 1. The van der Waals surface area contributed by atoms with Gasteiger partial charge in [-0.2, -0.15) is 0 Å². The number of carbonyl (C=O) groups excluding carboxylic acids is 1. The molecule has 31 heavy (non-hydrogen) atoms. The lowest BCUT2D eigenvalue weighted by Crippen LogP contribution is -2.25. The number of rotatable bonds is 9. The van der Waals surface area contributed by atoms with E-state index in [2.05, 4.69) is 51.7 Å². The first kappa shape index (κ1) is 21.8. The van der Waals surface area contributed by atoms with Gasteiger partial charge in [-0.05, 0) is 24.8 Å². The van der Waals surface area contributed by atoms with Crippen LogP contribution in [0.25, 0.3) is 11.3 Å². The number of nitrogens with zero attached hydrogens (tertiary/aromatic N) is 3. The molecule has 1 unspecified atom stereocenters. The minimum Gasteiger partial charge on any atom is -0.376 e. The molecule has 1 atom stereocenters. The summed E-state index contributed by atoms with van der Waals surface area (Å²) < 4.78 is 7.14. The van der Waals surface area contributed by atoms with Crippen molar-refractivity contribution in [2.45, 2.75) is 50.4 Å². The first-order valence-electron chi connectivity index (χ1n) is 10.4. The van der Waals surface area contributed by atoms with Gasteiger partial charge in [0.15, 0.2) is 10.3 Å². The molecule has 0 spiro atoms. The molecule has 2 aromatic heterocycles. The van der Waals surface area contributed by atoms with Crippen LogP contribution in [0.4, 0.5) is 5.13 Å². The molecule has 1 aliphatic rings. The average Bonchev–Trinajstić information content (AvgIpc) is 3.51. The van der Waals surface area contributed by atoms with Gasteiger partial charge in [0.25, 0.3) is 0 Å². The van der Waals surface area contributed by atoms with E-state index in [9.17, 15) is 9.59 Å². The van der Waals surface area contributed by atoms with E-state index in [1.165, 1.54) is 33.2 Å². The van der Waals surface area contributed by atoms with Crippen molar-refractivity contribution in [3.63, 3.8) is 0 Å². The number of amides is 1. The van der Waals surface area contributed by atoms with Gasteiger partial charge in [0.1, 0.15) is 0 Å². The molecular weight excluding hydrogens is 434 g/mol. The zero-order valence-corrected chi connectivity index (χ0v) is 18.9. The molecule has 0 bridgehead atoms. The first-order valence-corrected chi connectivity index (χ1v) is 12.2. The molecule has 3 aromatic rings. The highest BCUT2D eigenvalue weighted by molar-refractivity contribution is 7.99. The largest absolute Gasteiger partial charge is 0.376 e. The van der Waals surface area contributed by atoms with E-state index in [0.29, 0.717) is 16.8 Å². The fraction of sp³-hybridized carbons (Fsp3) is 0.429. The van der Waals surface area contributed by atoms with Gasteiger partial charge < -0.3 is 10.1 Å². The molecule has 1 fully saturated rings. The molecule has 1 saturated heterocycles. The van der Waals surface area contributed by atoms with E-state index in [0.717, 1.165) is 43.5 Å². The SMILES string of the molecule is CCCc1ccc(-c2csc(NC(=O)CSc3n[nH]c(=O)n3CC3CCCO3)n2)cc1. The summed E-state index contributed by atoms with van der Waals surface area (Å²) in [7, 11) is 0. The third kappa shape index (κ3) is 5.63. The number of hydrogen-bond donors (Lipinski definition) is 2. The Balaban J connectivity index is 1.32. The van der Waals surface area contributed by atoms with Crippen molar-refractivity contribution in [3.8, 4) is 11.3 Å². The van der Waals surface area contributed by atoms with Gasteiger partial charge in [-0.3, -0.25) is 9.36 Å². The van der Waals surface area contributed by atoms with Gasteiger partial charge in [-0.25, -0.2) is 14.9 Å². The maximum absolute atomic E-state index is 12.4. The zero-order valence-electron chi connectivity index (χ0n) is 17.3. The molecule has 3 heterocycles. The standard InChI is InChI=1S/C21H25N5O3S2/c1-2-4-14-6-8-15(9-7-14)17-12-30-19(22-17)23-18(27)13-31-21-25-24-20(28)26(21)11-16-5-3-10-29-16/h6-9,12,16H,2-5,10-11,13H2,1H3,(H,24,28)(H,22,23,27). The van der Waals surface area contributed by atoms with Gasteiger partial charge in [0, 0.05) is 17.6 Å². The second-order valence-corrected chi connectivity index (χ2v) is 9.18. The molecule has 8 nitrogen and oxygen atoms in total. The van der Waals surface area contributed by atoms with Crippen molar-refractivity contribution >= 4 is 34.1 Å². The van der Waals surface area contributed by atoms with Gasteiger partial charge >= 0.3 is 5.69 Å². The van der Waals surface area contributed by atoms with Crippen LogP contribution in [0.15, 0.2) is 39.6 Å². The van der Waals surface area contributed by atoms with Gasteiger partial charge in [-0.1, -0.05) is 49.4 Å². The van der Waals surface area contributed by atoms with E-state index in [1.54, 1.807) is 0 Å². The summed E-state index contributed by atoms with van der Waals surface area (Å²) in [5.74, 6) is -0.0560. The lowest BCUT2D eigenvalue weighted by Gasteiger charge is -2.10. The Kier molecular flexibility index (Phi) is 7.21. The van der Waals surface area contributed by atoms with Crippen LogP contribution in [0.1, 0.15) is 31.7 Å². The maximum Gasteiger partial charge on any atom is 0.344 e. The van der Waals surface area contributed by atoms with E-state index in [4.69, 9.17) is 4.74 Å². The third-order valence-electron chi connectivity index (χ3n) is 5.00. The molecule has 0 radical (unpaired) electrons. The van der Waals surface area contributed by atoms with Crippen LogP contribution in [0.5, 0.6) is 0 Å². The Labute approximate surface area is 188 Å². The Morgan fingerprint density at radius 3 is 2.97 bits per heavy atom. The molecule has 0 saturated carbocycles. The number of H-pyrrole nitrogens is 1. The second kappa shape index (κ2) is 10.3. The molecule has 1 aliphatic heterocycles. The van der Waals surface area contributed by atoms with Gasteiger partial charge in [-0.15, -0.1) is 16.4 Å². The summed E-state index contributed by atoms with van der Waals surface area (Å²) in [5, 5.41) is 12.3. The van der Waals surface area contributed by atoms with E-state index >= 15 is 0 Å². The number of aromatic nitrogens is 4. The highest BCUT2D eigenvalue weighted by Gasteiger charge is 2.20. The topological polar surface area (TPSA) is 102 Å². The lowest BCUT2D eigenvalue weighted by molar-refractivity contribution is -0.113. The van der Waals surface area contributed by atoms with Crippen LogP contribution in [-0.2, 0) is 22.5 Å². The van der Waals surface area contributed by atoms with Crippen LogP contribution < -0.4 is 11.0 Å². The smallest absolute Gasteiger partial charge is 0.344 e. The number of anilines is 1. The number of nitrogens with one attached hydrogen (secondary N) is 2. The van der Waals surface area contributed by atoms with Gasteiger partial charge in [0.2, 0.25) is 5.91 Å². The number of hydrogen-bond acceptors (Lipinski definition) is 7. The Hall–Kier alpha value is -2.43. The average molecular weight is 460 g/mol.